The van der Waals surface area contributed by atoms with E-state index in [4.69, 9.17) is 0 Å². The minimum atomic E-state index is -0.144. The Morgan fingerprint density at radius 3 is 2.46 bits per heavy atom. The molecule has 128 valence electrons. The summed E-state index contributed by atoms with van der Waals surface area (Å²) in [6, 6.07) is 8.15. The van der Waals surface area contributed by atoms with E-state index in [1.807, 2.05) is 23.7 Å². The van der Waals surface area contributed by atoms with Crippen molar-refractivity contribution in [2.24, 2.45) is 0 Å². The highest BCUT2D eigenvalue weighted by atomic mass is 16.1. The van der Waals surface area contributed by atoms with E-state index in [2.05, 4.69) is 43.3 Å². The van der Waals surface area contributed by atoms with Gasteiger partial charge in [-0.2, -0.15) is 5.10 Å². The summed E-state index contributed by atoms with van der Waals surface area (Å²) in [4.78, 5) is 12.6. The van der Waals surface area contributed by atoms with Gasteiger partial charge in [-0.3, -0.25) is 9.48 Å². The second kappa shape index (κ2) is 6.42. The number of amides is 1. The van der Waals surface area contributed by atoms with Gasteiger partial charge in [-0.05, 0) is 82.7 Å². The summed E-state index contributed by atoms with van der Waals surface area (Å²) in [5.74, 6) is -0.144. The molecular weight excluding hydrogens is 298 g/mol. The maximum Gasteiger partial charge on any atom is 0.276 e. The minimum absolute atomic E-state index is 0.132. The highest BCUT2D eigenvalue weighted by Gasteiger charge is 2.20. The molecule has 2 aromatic rings. The van der Waals surface area contributed by atoms with Gasteiger partial charge in [0.25, 0.3) is 5.91 Å². The second-order valence-electron chi connectivity index (χ2n) is 7.75. The van der Waals surface area contributed by atoms with Crippen molar-refractivity contribution in [3.8, 4) is 0 Å². The number of carbonyl (C=O) groups excluding carboxylic acids is 1. The molecule has 0 bridgehead atoms. The van der Waals surface area contributed by atoms with Crippen molar-refractivity contribution in [3.05, 3.63) is 46.8 Å². The lowest BCUT2D eigenvalue weighted by Crippen LogP contribution is -2.25. The van der Waals surface area contributed by atoms with Crippen LogP contribution in [0.3, 0.4) is 0 Å². The summed E-state index contributed by atoms with van der Waals surface area (Å²) in [7, 11) is 0. The van der Waals surface area contributed by atoms with E-state index in [0.29, 0.717) is 5.69 Å². The monoisotopic (exact) mass is 325 g/mol. The van der Waals surface area contributed by atoms with Crippen LogP contribution in [0.15, 0.2) is 24.3 Å². The molecule has 1 aliphatic carbocycles. The summed E-state index contributed by atoms with van der Waals surface area (Å²) in [6.45, 7) is 8.24. The average Bonchev–Trinajstić information content (AvgIpc) is 2.76. The van der Waals surface area contributed by atoms with Gasteiger partial charge in [-0.25, -0.2) is 0 Å². The van der Waals surface area contributed by atoms with Crippen molar-refractivity contribution in [1.29, 1.82) is 0 Å². The molecular formula is C20H27N3O. The maximum atomic E-state index is 12.6. The van der Waals surface area contributed by atoms with Crippen LogP contribution in [0.4, 0.5) is 5.69 Å². The van der Waals surface area contributed by atoms with Crippen molar-refractivity contribution in [3.63, 3.8) is 0 Å². The normalized spacial score (nSPS) is 14.8. The van der Waals surface area contributed by atoms with Crippen LogP contribution in [0, 0.1) is 6.92 Å². The van der Waals surface area contributed by atoms with E-state index < -0.39 is 0 Å². The van der Waals surface area contributed by atoms with Gasteiger partial charge in [0.05, 0.1) is 5.54 Å². The first-order chi connectivity index (χ1) is 11.3. The van der Waals surface area contributed by atoms with E-state index in [9.17, 15) is 4.79 Å². The van der Waals surface area contributed by atoms with Crippen LogP contribution < -0.4 is 5.32 Å². The smallest absolute Gasteiger partial charge is 0.276 e. The topological polar surface area (TPSA) is 46.9 Å². The SMILES string of the molecule is Cc1cc(C(=O)Nc2ccc3c(c2)CCCCC3)nn1C(C)(C)C. The van der Waals surface area contributed by atoms with Gasteiger partial charge < -0.3 is 5.32 Å². The number of hydrogen-bond acceptors (Lipinski definition) is 2. The number of carbonyl (C=O) groups is 1. The van der Waals surface area contributed by atoms with Crippen molar-refractivity contribution >= 4 is 11.6 Å². The van der Waals surface area contributed by atoms with Crippen LogP contribution in [0.2, 0.25) is 0 Å². The standard InChI is InChI=1S/C20H27N3O/c1-14-12-18(22-23(14)20(2,3)4)19(24)21-17-11-10-15-8-6-5-7-9-16(15)13-17/h10-13H,5-9H2,1-4H3,(H,21,24). The molecule has 1 aromatic carbocycles. The Morgan fingerprint density at radius 2 is 1.79 bits per heavy atom. The zero-order chi connectivity index (χ0) is 17.3. The van der Waals surface area contributed by atoms with Gasteiger partial charge >= 0.3 is 0 Å². The van der Waals surface area contributed by atoms with Gasteiger partial charge in [0.1, 0.15) is 0 Å². The highest BCUT2D eigenvalue weighted by molar-refractivity contribution is 6.03. The Bertz CT molecular complexity index is 753. The molecule has 24 heavy (non-hydrogen) atoms. The zero-order valence-corrected chi connectivity index (χ0v) is 15.1. The predicted molar refractivity (Wildman–Crippen MR) is 97.6 cm³/mol. The first-order valence-corrected chi connectivity index (χ1v) is 8.85. The van der Waals surface area contributed by atoms with Crippen LogP contribution in [0.5, 0.6) is 0 Å². The Hall–Kier alpha value is -2.10. The van der Waals surface area contributed by atoms with Gasteiger partial charge in [0.2, 0.25) is 0 Å². The van der Waals surface area contributed by atoms with E-state index >= 15 is 0 Å². The zero-order valence-electron chi connectivity index (χ0n) is 15.1. The fourth-order valence-electron chi connectivity index (χ4n) is 3.45. The minimum Gasteiger partial charge on any atom is -0.321 e. The Morgan fingerprint density at radius 1 is 1.08 bits per heavy atom. The molecule has 0 fully saturated rings. The largest absolute Gasteiger partial charge is 0.321 e. The molecule has 1 amide bonds. The number of fused-ring (bicyclic) bond motifs is 1. The van der Waals surface area contributed by atoms with Gasteiger partial charge in [0.15, 0.2) is 5.69 Å². The molecule has 0 saturated heterocycles. The Labute approximate surface area is 144 Å². The summed E-state index contributed by atoms with van der Waals surface area (Å²) in [5, 5.41) is 7.49. The fraction of sp³-hybridized carbons (Fsp3) is 0.500. The molecule has 0 aliphatic heterocycles. The van der Waals surface area contributed by atoms with Gasteiger partial charge in [-0.1, -0.05) is 12.5 Å². The quantitative estimate of drug-likeness (QED) is 0.828. The molecule has 3 rings (SSSR count). The van der Waals surface area contributed by atoms with Crippen molar-refractivity contribution in [2.45, 2.75) is 65.3 Å². The number of aryl methyl sites for hydroxylation is 3. The third kappa shape index (κ3) is 3.53. The molecule has 1 aliphatic rings. The summed E-state index contributed by atoms with van der Waals surface area (Å²) >= 11 is 0. The van der Waals surface area contributed by atoms with Gasteiger partial charge in [-0.15, -0.1) is 0 Å². The molecule has 0 atom stereocenters. The number of rotatable bonds is 2. The van der Waals surface area contributed by atoms with Crippen LogP contribution in [-0.2, 0) is 18.4 Å². The molecule has 4 heteroatoms. The molecule has 0 saturated carbocycles. The first kappa shape index (κ1) is 16.7. The van der Waals surface area contributed by atoms with E-state index in [1.54, 1.807) is 0 Å². The van der Waals surface area contributed by atoms with E-state index in [1.165, 1.54) is 30.4 Å². The third-order valence-corrected chi connectivity index (χ3v) is 4.61. The van der Waals surface area contributed by atoms with Crippen LogP contribution >= 0.6 is 0 Å². The number of aromatic nitrogens is 2. The van der Waals surface area contributed by atoms with Crippen molar-refractivity contribution in [1.82, 2.24) is 9.78 Å². The molecule has 0 spiro atoms. The van der Waals surface area contributed by atoms with E-state index in [-0.39, 0.29) is 11.4 Å². The molecule has 0 unspecified atom stereocenters. The first-order valence-electron chi connectivity index (χ1n) is 8.85. The molecule has 1 N–H and O–H groups in total. The summed E-state index contributed by atoms with van der Waals surface area (Å²) < 4.78 is 1.90. The number of nitrogens with one attached hydrogen (secondary N) is 1. The predicted octanol–water partition coefficient (Wildman–Crippen LogP) is 4.47. The van der Waals surface area contributed by atoms with E-state index in [0.717, 1.165) is 24.2 Å². The Kier molecular flexibility index (Phi) is 4.48. The Balaban J connectivity index is 1.79. The van der Waals surface area contributed by atoms with Crippen molar-refractivity contribution < 1.29 is 4.79 Å². The number of anilines is 1. The van der Waals surface area contributed by atoms with Crippen LogP contribution in [-0.4, -0.2) is 15.7 Å². The summed E-state index contributed by atoms with van der Waals surface area (Å²) in [5.41, 5.74) is 5.00. The van der Waals surface area contributed by atoms with Crippen molar-refractivity contribution in [2.75, 3.05) is 5.32 Å². The summed E-state index contributed by atoms with van der Waals surface area (Å²) in [6.07, 6.45) is 6.05. The second-order valence-corrected chi connectivity index (χ2v) is 7.75. The maximum absolute atomic E-state index is 12.6. The van der Waals surface area contributed by atoms with Crippen LogP contribution in [0.25, 0.3) is 0 Å². The third-order valence-electron chi connectivity index (χ3n) is 4.61. The lowest BCUT2D eigenvalue weighted by atomic mass is 10.0. The molecule has 4 nitrogen and oxygen atoms in total. The van der Waals surface area contributed by atoms with Crippen LogP contribution in [0.1, 0.15) is 67.3 Å². The fourth-order valence-corrected chi connectivity index (χ4v) is 3.45. The molecule has 0 radical (unpaired) electrons. The van der Waals surface area contributed by atoms with Gasteiger partial charge in [0, 0.05) is 11.4 Å². The number of benzene rings is 1. The number of hydrogen-bond donors (Lipinski definition) is 1. The highest BCUT2D eigenvalue weighted by Crippen LogP contribution is 2.24. The molecule has 1 aromatic heterocycles. The average molecular weight is 325 g/mol. The molecule has 1 heterocycles. The lowest BCUT2D eigenvalue weighted by molar-refractivity contribution is 0.102. The lowest BCUT2D eigenvalue weighted by Gasteiger charge is -2.21. The number of nitrogens with zero attached hydrogens (tertiary/aromatic N) is 2.